The molecular formula is C12H16NO2+. The molecule has 0 radical (unpaired) electrons. The number of hydrogen-bond acceptors (Lipinski definition) is 2. The van der Waals surface area contributed by atoms with Gasteiger partial charge in [-0.3, -0.25) is 0 Å². The lowest BCUT2D eigenvalue weighted by atomic mass is 10.2. The van der Waals surface area contributed by atoms with Crippen LogP contribution in [0.15, 0.2) is 28.7 Å². The lowest BCUT2D eigenvalue weighted by Crippen LogP contribution is -2.51. The van der Waals surface area contributed by atoms with Crippen molar-refractivity contribution in [2.45, 2.75) is 19.9 Å². The highest BCUT2D eigenvalue weighted by molar-refractivity contribution is 5.83. The van der Waals surface area contributed by atoms with E-state index in [1.807, 2.05) is 38.1 Å². The predicted octanol–water partition coefficient (Wildman–Crippen LogP) is 2.13. The number of hydrogen-bond donors (Lipinski definition) is 1. The number of para-hydroxylation sites is 1. The Morgan fingerprint density at radius 3 is 2.93 bits per heavy atom. The van der Waals surface area contributed by atoms with Crippen LogP contribution in [0.5, 0.6) is 5.75 Å². The van der Waals surface area contributed by atoms with Crippen LogP contribution in [0.2, 0.25) is 0 Å². The van der Waals surface area contributed by atoms with Crippen LogP contribution in [0.1, 0.15) is 25.6 Å². The van der Waals surface area contributed by atoms with Crippen molar-refractivity contribution >= 4 is 11.0 Å². The Kier molecular flexibility index (Phi) is 2.64. The van der Waals surface area contributed by atoms with Crippen LogP contribution in [-0.4, -0.2) is 6.61 Å². The zero-order chi connectivity index (χ0) is 10.8. The number of fused-ring (bicyclic) bond motifs is 1. The monoisotopic (exact) mass is 206 g/mol. The van der Waals surface area contributed by atoms with Gasteiger partial charge in [0.25, 0.3) is 0 Å². The summed E-state index contributed by atoms with van der Waals surface area (Å²) in [7, 11) is 0. The third-order valence-corrected chi connectivity index (χ3v) is 2.31. The van der Waals surface area contributed by atoms with E-state index >= 15 is 0 Å². The first-order valence-electron chi connectivity index (χ1n) is 5.20. The number of benzene rings is 1. The molecule has 2 aromatic rings. The molecule has 1 aromatic carbocycles. The molecular weight excluding hydrogens is 190 g/mol. The van der Waals surface area contributed by atoms with Gasteiger partial charge in [-0.1, -0.05) is 12.1 Å². The highest BCUT2D eigenvalue weighted by atomic mass is 16.5. The minimum absolute atomic E-state index is 0.159. The maximum atomic E-state index is 5.73. The Morgan fingerprint density at radius 2 is 2.27 bits per heavy atom. The van der Waals surface area contributed by atoms with Gasteiger partial charge in [-0.05, 0) is 26.0 Å². The van der Waals surface area contributed by atoms with Crippen LogP contribution in [-0.2, 0) is 0 Å². The van der Waals surface area contributed by atoms with Crippen molar-refractivity contribution in [1.82, 2.24) is 0 Å². The number of quaternary nitrogens is 1. The highest BCUT2D eigenvalue weighted by Crippen LogP contribution is 2.30. The Morgan fingerprint density at radius 1 is 1.47 bits per heavy atom. The minimum Gasteiger partial charge on any atom is -0.490 e. The maximum absolute atomic E-state index is 5.73. The third kappa shape index (κ3) is 1.83. The summed E-state index contributed by atoms with van der Waals surface area (Å²) >= 11 is 0. The number of ether oxygens (including phenoxy) is 1. The van der Waals surface area contributed by atoms with E-state index in [-0.39, 0.29) is 6.04 Å². The molecule has 1 atom stereocenters. The van der Waals surface area contributed by atoms with Crippen molar-refractivity contribution in [3.63, 3.8) is 0 Å². The second-order valence-corrected chi connectivity index (χ2v) is 3.66. The molecule has 0 saturated carbocycles. The van der Waals surface area contributed by atoms with Gasteiger partial charge in [-0.15, -0.1) is 0 Å². The van der Waals surface area contributed by atoms with Crippen molar-refractivity contribution < 1.29 is 14.9 Å². The summed E-state index contributed by atoms with van der Waals surface area (Å²) in [5, 5.41) is 1.08. The summed E-state index contributed by atoms with van der Waals surface area (Å²) in [6.07, 6.45) is 0. The second kappa shape index (κ2) is 3.95. The van der Waals surface area contributed by atoms with E-state index in [2.05, 4.69) is 5.73 Å². The molecule has 0 unspecified atom stereocenters. The van der Waals surface area contributed by atoms with Gasteiger partial charge in [0, 0.05) is 5.39 Å². The Labute approximate surface area is 88.8 Å². The molecule has 0 bridgehead atoms. The van der Waals surface area contributed by atoms with Crippen LogP contribution in [0.25, 0.3) is 11.0 Å². The van der Waals surface area contributed by atoms with Crippen LogP contribution >= 0.6 is 0 Å². The van der Waals surface area contributed by atoms with E-state index in [1.165, 1.54) is 0 Å². The predicted molar refractivity (Wildman–Crippen MR) is 58.7 cm³/mol. The summed E-state index contributed by atoms with van der Waals surface area (Å²) < 4.78 is 11.2. The van der Waals surface area contributed by atoms with Gasteiger partial charge in [0.05, 0.1) is 6.61 Å². The van der Waals surface area contributed by atoms with Gasteiger partial charge in [0.2, 0.25) is 0 Å². The van der Waals surface area contributed by atoms with Crippen LogP contribution < -0.4 is 10.5 Å². The molecule has 2 rings (SSSR count). The molecule has 3 N–H and O–H groups in total. The molecule has 0 aliphatic heterocycles. The van der Waals surface area contributed by atoms with Crippen molar-refractivity contribution in [2.24, 2.45) is 0 Å². The molecule has 3 nitrogen and oxygen atoms in total. The van der Waals surface area contributed by atoms with Crippen molar-refractivity contribution in [3.05, 3.63) is 30.0 Å². The molecule has 15 heavy (non-hydrogen) atoms. The van der Waals surface area contributed by atoms with Crippen LogP contribution in [0, 0.1) is 0 Å². The van der Waals surface area contributed by atoms with Crippen molar-refractivity contribution in [2.75, 3.05) is 6.61 Å². The van der Waals surface area contributed by atoms with E-state index in [4.69, 9.17) is 9.15 Å². The smallest absolute Gasteiger partial charge is 0.176 e. The molecule has 0 aliphatic carbocycles. The SMILES string of the molecule is CCOc1cccc2cc([C@@H](C)[NH3+])oc12. The van der Waals surface area contributed by atoms with Crippen molar-refractivity contribution in [3.8, 4) is 5.75 Å². The summed E-state index contributed by atoms with van der Waals surface area (Å²) in [6, 6.07) is 8.10. The average Bonchev–Trinajstić information content (AvgIpc) is 2.63. The molecule has 0 aliphatic rings. The fourth-order valence-corrected chi connectivity index (χ4v) is 1.57. The van der Waals surface area contributed by atoms with Crippen LogP contribution in [0.4, 0.5) is 0 Å². The molecule has 1 heterocycles. The van der Waals surface area contributed by atoms with E-state index < -0.39 is 0 Å². The lowest BCUT2D eigenvalue weighted by molar-refractivity contribution is -0.424. The first-order valence-corrected chi connectivity index (χ1v) is 5.20. The minimum atomic E-state index is 0.159. The molecule has 1 aromatic heterocycles. The summed E-state index contributed by atoms with van der Waals surface area (Å²) in [5.74, 6) is 1.71. The fourth-order valence-electron chi connectivity index (χ4n) is 1.57. The molecule has 0 amide bonds. The third-order valence-electron chi connectivity index (χ3n) is 2.31. The summed E-state index contributed by atoms with van der Waals surface area (Å²) in [4.78, 5) is 0. The largest absolute Gasteiger partial charge is 0.490 e. The van der Waals surface area contributed by atoms with Gasteiger partial charge < -0.3 is 14.9 Å². The van der Waals surface area contributed by atoms with E-state index in [1.54, 1.807) is 0 Å². The highest BCUT2D eigenvalue weighted by Gasteiger charge is 2.12. The van der Waals surface area contributed by atoms with Gasteiger partial charge >= 0.3 is 0 Å². The Balaban J connectivity index is 2.54. The van der Waals surface area contributed by atoms with Gasteiger partial charge in [-0.25, -0.2) is 0 Å². The number of rotatable bonds is 3. The quantitative estimate of drug-likeness (QED) is 0.836. The first kappa shape index (κ1) is 10.1. The molecule has 0 spiro atoms. The Hall–Kier alpha value is -1.48. The zero-order valence-corrected chi connectivity index (χ0v) is 9.12. The Bertz CT molecular complexity index is 460. The normalized spacial score (nSPS) is 13.0. The van der Waals surface area contributed by atoms with Gasteiger partial charge in [0.1, 0.15) is 6.04 Å². The van der Waals surface area contributed by atoms with E-state index in [0.717, 1.165) is 22.5 Å². The standard InChI is InChI=1S/C12H15NO2/c1-3-14-10-6-4-5-9-7-11(8(2)13)15-12(9)10/h4-8H,3,13H2,1-2H3/p+1/t8-/m1/s1. The molecule has 0 saturated heterocycles. The fraction of sp³-hybridized carbons (Fsp3) is 0.333. The average molecular weight is 206 g/mol. The second-order valence-electron chi connectivity index (χ2n) is 3.66. The van der Waals surface area contributed by atoms with Gasteiger partial charge in [0.15, 0.2) is 17.1 Å². The summed E-state index contributed by atoms with van der Waals surface area (Å²) in [6.45, 7) is 4.62. The van der Waals surface area contributed by atoms with Crippen molar-refractivity contribution in [1.29, 1.82) is 0 Å². The molecule has 0 fully saturated rings. The topological polar surface area (TPSA) is 50.0 Å². The maximum Gasteiger partial charge on any atom is 0.176 e. The van der Waals surface area contributed by atoms with E-state index in [0.29, 0.717) is 6.61 Å². The zero-order valence-electron chi connectivity index (χ0n) is 9.12. The lowest BCUT2D eigenvalue weighted by Gasteiger charge is -2.02. The summed E-state index contributed by atoms with van der Waals surface area (Å²) in [5.41, 5.74) is 4.77. The molecule has 3 heteroatoms. The van der Waals surface area contributed by atoms with E-state index in [9.17, 15) is 0 Å². The van der Waals surface area contributed by atoms with Gasteiger partial charge in [-0.2, -0.15) is 0 Å². The first-order chi connectivity index (χ1) is 7.22. The molecule has 80 valence electrons. The van der Waals surface area contributed by atoms with Crippen LogP contribution in [0.3, 0.4) is 0 Å². The number of furan rings is 1.